The van der Waals surface area contributed by atoms with Crippen molar-refractivity contribution in [3.8, 4) is 0 Å². The fourth-order valence-electron chi connectivity index (χ4n) is 3.02. The van der Waals surface area contributed by atoms with E-state index in [0.717, 1.165) is 36.9 Å². The Morgan fingerprint density at radius 3 is 2.48 bits per heavy atom. The topological polar surface area (TPSA) is 17.8 Å². The summed E-state index contributed by atoms with van der Waals surface area (Å²) in [7, 11) is 0. The van der Waals surface area contributed by atoms with Crippen molar-refractivity contribution in [2.75, 3.05) is 0 Å². The first kappa shape index (κ1) is 14.7. The molecule has 1 unspecified atom stereocenters. The summed E-state index contributed by atoms with van der Waals surface area (Å²) in [4.78, 5) is 4.37. The van der Waals surface area contributed by atoms with E-state index in [-0.39, 0.29) is 10.9 Å². The minimum atomic E-state index is -4.36. The van der Waals surface area contributed by atoms with Crippen LogP contribution in [0.1, 0.15) is 49.9 Å². The molecule has 1 aromatic carbocycles. The van der Waals surface area contributed by atoms with E-state index in [0.29, 0.717) is 11.3 Å². The van der Waals surface area contributed by atoms with Crippen molar-refractivity contribution >= 4 is 22.6 Å². The van der Waals surface area contributed by atoms with Crippen LogP contribution in [0.4, 0.5) is 13.2 Å². The zero-order valence-electron chi connectivity index (χ0n) is 11.8. The molecule has 2 nitrogen and oxygen atoms in total. The molecule has 0 N–H and O–H groups in total. The Labute approximate surface area is 125 Å². The lowest BCUT2D eigenvalue weighted by Crippen LogP contribution is -2.38. The zero-order chi connectivity index (χ0) is 15.4. The Morgan fingerprint density at radius 1 is 1.33 bits per heavy atom. The van der Waals surface area contributed by atoms with Crippen LogP contribution >= 0.6 is 11.6 Å². The summed E-state index contributed by atoms with van der Waals surface area (Å²) in [5.41, 5.74) is 0.327. The minimum absolute atomic E-state index is 0.0903. The van der Waals surface area contributed by atoms with Crippen LogP contribution in [0, 0.1) is 0 Å². The van der Waals surface area contributed by atoms with Crippen LogP contribution in [-0.4, -0.2) is 9.55 Å². The molecule has 1 fully saturated rings. The van der Waals surface area contributed by atoms with Gasteiger partial charge in [0.15, 0.2) is 0 Å². The van der Waals surface area contributed by atoms with Gasteiger partial charge in [-0.1, -0.05) is 0 Å². The molecule has 1 aliphatic carbocycles. The summed E-state index contributed by atoms with van der Waals surface area (Å²) in [6.45, 7) is 3.91. The maximum Gasteiger partial charge on any atom is 0.416 e. The Bertz CT molecular complexity index is 684. The zero-order valence-corrected chi connectivity index (χ0v) is 12.6. The van der Waals surface area contributed by atoms with Crippen LogP contribution in [0.15, 0.2) is 18.2 Å². The summed E-state index contributed by atoms with van der Waals surface area (Å²) in [6, 6.07) is 3.74. The number of fused-ring (bicyclic) bond motifs is 1. The minimum Gasteiger partial charge on any atom is -0.321 e. The van der Waals surface area contributed by atoms with Crippen LogP contribution in [-0.2, 0) is 11.7 Å². The van der Waals surface area contributed by atoms with Gasteiger partial charge in [0.25, 0.3) is 0 Å². The fourth-order valence-corrected chi connectivity index (χ4v) is 3.17. The van der Waals surface area contributed by atoms with Crippen molar-refractivity contribution in [2.24, 2.45) is 0 Å². The number of imidazole rings is 1. The van der Waals surface area contributed by atoms with Crippen molar-refractivity contribution in [3.63, 3.8) is 0 Å². The molecule has 0 saturated heterocycles. The third-order valence-corrected chi connectivity index (χ3v) is 4.53. The Kier molecular flexibility index (Phi) is 3.24. The molecule has 6 heteroatoms. The maximum atomic E-state index is 12.8. The van der Waals surface area contributed by atoms with E-state index >= 15 is 0 Å². The van der Waals surface area contributed by atoms with Gasteiger partial charge in [0, 0.05) is 5.54 Å². The Hall–Kier alpha value is -1.23. The molecule has 1 aromatic heterocycles. The molecule has 1 atom stereocenters. The van der Waals surface area contributed by atoms with Gasteiger partial charge in [-0.3, -0.25) is 0 Å². The first-order chi connectivity index (χ1) is 9.72. The molecule has 3 rings (SSSR count). The average molecular weight is 317 g/mol. The summed E-state index contributed by atoms with van der Waals surface area (Å²) in [5.74, 6) is 0.646. The quantitative estimate of drug-likeness (QED) is 0.691. The molecule has 21 heavy (non-hydrogen) atoms. The molecule has 114 valence electrons. The highest BCUT2D eigenvalue weighted by Gasteiger charge is 2.38. The lowest BCUT2D eigenvalue weighted by Gasteiger charge is -2.41. The van der Waals surface area contributed by atoms with Gasteiger partial charge in [-0.15, -0.1) is 11.6 Å². The lowest BCUT2D eigenvalue weighted by atomic mass is 9.78. The van der Waals surface area contributed by atoms with Crippen molar-refractivity contribution in [3.05, 3.63) is 29.6 Å². The molecule has 0 amide bonds. The highest BCUT2D eigenvalue weighted by atomic mass is 35.5. The highest BCUT2D eigenvalue weighted by molar-refractivity contribution is 6.20. The largest absolute Gasteiger partial charge is 0.416 e. The number of halogens is 4. The highest BCUT2D eigenvalue weighted by Crippen LogP contribution is 2.44. The van der Waals surface area contributed by atoms with E-state index < -0.39 is 11.7 Å². The van der Waals surface area contributed by atoms with Gasteiger partial charge < -0.3 is 4.57 Å². The second kappa shape index (κ2) is 4.63. The van der Waals surface area contributed by atoms with E-state index in [1.165, 1.54) is 6.07 Å². The van der Waals surface area contributed by atoms with Crippen molar-refractivity contribution < 1.29 is 13.2 Å². The second-order valence-corrected chi connectivity index (χ2v) is 6.63. The van der Waals surface area contributed by atoms with Gasteiger partial charge in [0.1, 0.15) is 5.82 Å². The third-order valence-electron chi connectivity index (χ3n) is 4.33. The van der Waals surface area contributed by atoms with E-state index in [1.54, 1.807) is 6.92 Å². The Morgan fingerprint density at radius 2 is 2.00 bits per heavy atom. The number of alkyl halides is 4. The average Bonchev–Trinajstić information content (AvgIpc) is 2.73. The third kappa shape index (κ3) is 2.31. The first-order valence-corrected chi connectivity index (χ1v) is 7.40. The van der Waals surface area contributed by atoms with Crippen LogP contribution in [0.5, 0.6) is 0 Å². The molecule has 1 saturated carbocycles. The molecular formula is C15H16ClF3N2. The van der Waals surface area contributed by atoms with Crippen molar-refractivity contribution in [2.45, 2.75) is 50.2 Å². The fraction of sp³-hybridized carbons (Fsp3) is 0.533. The lowest BCUT2D eigenvalue weighted by molar-refractivity contribution is -0.137. The summed E-state index contributed by atoms with van der Waals surface area (Å²) >= 11 is 6.19. The molecule has 0 spiro atoms. The number of hydrogen-bond acceptors (Lipinski definition) is 1. The van der Waals surface area contributed by atoms with E-state index in [9.17, 15) is 13.2 Å². The van der Waals surface area contributed by atoms with Gasteiger partial charge in [-0.2, -0.15) is 13.2 Å². The number of aromatic nitrogens is 2. The Balaban J connectivity index is 2.23. The molecule has 0 radical (unpaired) electrons. The smallest absolute Gasteiger partial charge is 0.321 e. The van der Waals surface area contributed by atoms with Gasteiger partial charge in [-0.05, 0) is 51.3 Å². The molecule has 0 bridgehead atoms. The predicted molar refractivity (Wildman–Crippen MR) is 76.5 cm³/mol. The van der Waals surface area contributed by atoms with Gasteiger partial charge in [0.2, 0.25) is 0 Å². The van der Waals surface area contributed by atoms with Crippen LogP contribution < -0.4 is 0 Å². The molecular weight excluding hydrogens is 301 g/mol. The van der Waals surface area contributed by atoms with Gasteiger partial charge >= 0.3 is 6.18 Å². The SMILES string of the molecule is CC(Cl)c1nc2cc(C(F)(F)F)ccc2n1C1(C)CCC1. The number of benzene rings is 1. The second-order valence-electron chi connectivity index (χ2n) is 5.97. The van der Waals surface area contributed by atoms with E-state index in [2.05, 4.69) is 11.9 Å². The van der Waals surface area contributed by atoms with Crippen LogP contribution in [0.2, 0.25) is 0 Å². The van der Waals surface area contributed by atoms with Crippen LogP contribution in [0.3, 0.4) is 0 Å². The van der Waals surface area contributed by atoms with Gasteiger partial charge in [-0.25, -0.2) is 4.98 Å². The molecule has 1 heterocycles. The number of rotatable bonds is 2. The monoisotopic (exact) mass is 316 g/mol. The molecule has 2 aromatic rings. The summed E-state index contributed by atoms with van der Waals surface area (Å²) in [5, 5.41) is -0.343. The maximum absolute atomic E-state index is 12.8. The molecule has 0 aliphatic heterocycles. The summed E-state index contributed by atoms with van der Waals surface area (Å²) in [6.07, 6.45) is -1.25. The number of hydrogen-bond donors (Lipinski definition) is 0. The predicted octanol–water partition coefficient (Wildman–Crippen LogP) is 5.25. The first-order valence-electron chi connectivity index (χ1n) is 6.96. The van der Waals surface area contributed by atoms with E-state index in [1.807, 2.05) is 4.57 Å². The van der Waals surface area contributed by atoms with Crippen molar-refractivity contribution in [1.29, 1.82) is 0 Å². The number of nitrogens with zero attached hydrogens (tertiary/aromatic N) is 2. The van der Waals surface area contributed by atoms with Crippen molar-refractivity contribution in [1.82, 2.24) is 9.55 Å². The normalized spacial score (nSPS) is 19.5. The summed E-state index contributed by atoms with van der Waals surface area (Å²) < 4.78 is 40.5. The standard InChI is InChI=1S/C15H16ClF3N2/c1-9(16)13-20-11-8-10(15(17,18)19)4-5-12(11)21(13)14(2)6-3-7-14/h4-5,8-9H,3,6-7H2,1-2H3. The van der Waals surface area contributed by atoms with E-state index in [4.69, 9.17) is 11.6 Å². The van der Waals surface area contributed by atoms with Gasteiger partial charge in [0.05, 0.1) is 22.0 Å². The molecule has 1 aliphatic rings. The van der Waals surface area contributed by atoms with Crippen LogP contribution in [0.25, 0.3) is 11.0 Å².